The number of aromatic nitrogens is 2. The van der Waals surface area contributed by atoms with Gasteiger partial charge in [0, 0.05) is 30.1 Å². The van der Waals surface area contributed by atoms with Gasteiger partial charge in [-0.3, -0.25) is 4.90 Å². The molecule has 0 N–H and O–H groups in total. The molecule has 0 bridgehead atoms. The number of para-hydroxylation sites is 1. The standard InChI is InChI=1S/C26H25N3O3/c1-31-24-14-6-5-11-20(24)21-12-7-15-28-17-22(27-25(21)28)23-13-8-16-29(23)26(30)32-18-19-9-3-2-4-10-19/h2-7,9-12,14-15,17,23H,8,13,16,18H2,1H3/t23-/m0/s1. The molecule has 1 fully saturated rings. The predicted molar refractivity (Wildman–Crippen MR) is 122 cm³/mol. The number of pyridine rings is 1. The van der Waals surface area contributed by atoms with E-state index in [-0.39, 0.29) is 18.7 Å². The van der Waals surface area contributed by atoms with Gasteiger partial charge in [-0.15, -0.1) is 0 Å². The number of fused-ring (bicyclic) bond motifs is 1. The second kappa shape index (κ2) is 8.75. The normalized spacial score (nSPS) is 15.8. The third-order valence-electron chi connectivity index (χ3n) is 5.93. The fraction of sp³-hybridized carbons (Fsp3) is 0.231. The van der Waals surface area contributed by atoms with Gasteiger partial charge in [0.1, 0.15) is 18.0 Å². The van der Waals surface area contributed by atoms with E-state index in [9.17, 15) is 4.79 Å². The van der Waals surface area contributed by atoms with Gasteiger partial charge in [-0.05, 0) is 36.6 Å². The number of carbonyl (C=O) groups excluding carboxylic acids is 1. The van der Waals surface area contributed by atoms with Crippen LogP contribution in [0.25, 0.3) is 16.8 Å². The third-order valence-corrected chi connectivity index (χ3v) is 5.93. The van der Waals surface area contributed by atoms with Gasteiger partial charge in [0.25, 0.3) is 0 Å². The average molecular weight is 428 g/mol. The highest BCUT2D eigenvalue weighted by atomic mass is 16.6. The van der Waals surface area contributed by atoms with Crippen LogP contribution < -0.4 is 4.74 Å². The topological polar surface area (TPSA) is 56.1 Å². The zero-order valence-electron chi connectivity index (χ0n) is 18.0. The molecule has 2 aromatic carbocycles. The number of ether oxygens (including phenoxy) is 2. The van der Waals surface area contributed by atoms with Gasteiger partial charge in [-0.2, -0.15) is 0 Å². The average Bonchev–Trinajstić information content (AvgIpc) is 3.50. The maximum Gasteiger partial charge on any atom is 0.410 e. The lowest BCUT2D eigenvalue weighted by atomic mass is 10.1. The summed E-state index contributed by atoms with van der Waals surface area (Å²) < 4.78 is 13.2. The smallest absolute Gasteiger partial charge is 0.410 e. The molecule has 1 aliphatic rings. The Morgan fingerprint density at radius 1 is 1.03 bits per heavy atom. The molecule has 0 saturated carbocycles. The highest BCUT2D eigenvalue weighted by Gasteiger charge is 2.33. The Hall–Kier alpha value is -3.80. The lowest BCUT2D eigenvalue weighted by molar-refractivity contribution is 0.0915. The van der Waals surface area contributed by atoms with Crippen molar-refractivity contribution in [1.29, 1.82) is 0 Å². The third kappa shape index (κ3) is 3.80. The highest BCUT2D eigenvalue weighted by Crippen LogP contribution is 2.36. The van der Waals surface area contributed by atoms with Gasteiger partial charge in [-0.25, -0.2) is 9.78 Å². The zero-order chi connectivity index (χ0) is 21.9. The van der Waals surface area contributed by atoms with Gasteiger partial charge in [0.15, 0.2) is 0 Å². The molecule has 2 aromatic heterocycles. The first-order valence-corrected chi connectivity index (χ1v) is 10.8. The molecule has 1 aliphatic heterocycles. The number of benzene rings is 2. The quantitative estimate of drug-likeness (QED) is 0.423. The molecule has 6 heteroatoms. The zero-order valence-corrected chi connectivity index (χ0v) is 18.0. The van der Waals surface area contributed by atoms with Crippen LogP contribution in [0.3, 0.4) is 0 Å². The molecule has 0 spiro atoms. The summed E-state index contributed by atoms with van der Waals surface area (Å²) in [6.45, 7) is 0.942. The maximum atomic E-state index is 12.8. The van der Waals surface area contributed by atoms with Crippen molar-refractivity contribution in [2.45, 2.75) is 25.5 Å². The summed E-state index contributed by atoms with van der Waals surface area (Å²) in [6, 6.07) is 21.6. The molecule has 5 rings (SSSR count). The van der Waals surface area contributed by atoms with Crippen LogP contribution in [0.5, 0.6) is 5.75 Å². The van der Waals surface area contributed by atoms with E-state index in [1.807, 2.05) is 83.5 Å². The molecule has 4 aromatic rings. The molecule has 0 radical (unpaired) electrons. The minimum Gasteiger partial charge on any atom is -0.496 e. The van der Waals surface area contributed by atoms with Crippen LogP contribution in [0.2, 0.25) is 0 Å². The summed E-state index contributed by atoms with van der Waals surface area (Å²) in [5.74, 6) is 0.803. The minimum atomic E-state index is -0.293. The van der Waals surface area contributed by atoms with E-state index in [0.29, 0.717) is 6.54 Å². The Kier molecular flexibility index (Phi) is 5.50. The Labute approximate surface area is 187 Å². The summed E-state index contributed by atoms with van der Waals surface area (Å²) in [5, 5.41) is 0. The van der Waals surface area contributed by atoms with Crippen LogP contribution in [0, 0.1) is 0 Å². The molecular weight excluding hydrogens is 402 g/mol. The largest absolute Gasteiger partial charge is 0.496 e. The van der Waals surface area contributed by atoms with Crippen molar-refractivity contribution < 1.29 is 14.3 Å². The molecule has 0 aliphatic carbocycles. The second-order valence-electron chi connectivity index (χ2n) is 7.91. The molecule has 1 atom stereocenters. The molecule has 1 saturated heterocycles. The molecule has 0 unspecified atom stereocenters. The minimum absolute atomic E-state index is 0.0938. The van der Waals surface area contributed by atoms with Gasteiger partial charge < -0.3 is 13.9 Å². The van der Waals surface area contributed by atoms with Crippen LogP contribution in [-0.4, -0.2) is 34.0 Å². The van der Waals surface area contributed by atoms with E-state index >= 15 is 0 Å². The maximum absolute atomic E-state index is 12.8. The molecule has 162 valence electrons. The summed E-state index contributed by atoms with van der Waals surface area (Å²) in [7, 11) is 1.67. The van der Waals surface area contributed by atoms with Gasteiger partial charge >= 0.3 is 6.09 Å². The lowest BCUT2D eigenvalue weighted by Crippen LogP contribution is -2.31. The van der Waals surface area contributed by atoms with Gasteiger partial charge in [-0.1, -0.05) is 48.5 Å². The van der Waals surface area contributed by atoms with E-state index in [0.717, 1.165) is 46.6 Å². The van der Waals surface area contributed by atoms with Crippen molar-refractivity contribution in [3.05, 3.63) is 90.4 Å². The number of nitrogens with zero attached hydrogens (tertiary/aromatic N) is 3. The Balaban J connectivity index is 1.42. The number of rotatable bonds is 5. The predicted octanol–water partition coefficient (Wildman–Crippen LogP) is 5.48. The Bertz CT molecular complexity index is 1240. The molecule has 6 nitrogen and oxygen atoms in total. The first-order chi connectivity index (χ1) is 15.7. The van der Waals surface area contributed by atoms with Crippen molar-refractivity contribution in [3.63, 3.8) is 0 Å². The Morgan fingerprint density at radius 2 is 1.81 bits per heavy atom. The molecule has 3 heterocycles. The van der Waals surface area contributed by atoms with E-state index in [1.54, 1.807) is 12.0 Å². The van der Waals surface area contributed by atoms with Crippen LogP contribution in [0.1, 0.15) is 30.1 Å². The van der Waals surface area contributed by atoms with Gasteiger partial charge in [0.05, 0.1) is 18.8 Å². The summed E-state index contributed by atoms with van der Waals surface area (Å²) in [5.41, 5.74) is 4.68. The lowest BCUT2D eigenvalue weighted by Gasteiger charge is -2.22. The number of likely N-dealkylation sites (tertiary alicyclic amines) is 1. The van der Waals surface area contributed by atoms with Crippen molar-refractivity contribution in [2.75, 3.05) is 13.7 Å². The number of hydrogen-bond acceptors (Lipinski definition) is 4. The number of imidazole rings is 1. The number of amides is 1. The number of carbonyl (C=O) groups is 1. The SMILES string of the molecule is COc1ccccc1-c1cccn2cc([C@@H]3CCCN3C(=O)OCc3ccccc3)nc12. The fourth-order valence-electron chi connectivity index (χ4n) is 4.36. The first kappa shape index (κ1) is 20.1. The van der Waals surface area contributed by atoms with E-state index < -0.39 is 0 Å². The van der Waals surface area contributed by atoms with Crippen molar-refractivity contribution in [2.24, 2.45) is 0 Å². The van der Waals surface area contributed by atoms with Gasteiger partial charge in [0.2, 0.25) is 0 Å². The van der Waals surface area contributed by atoms with E-state index in [1.165, 1.54) is 0 Å². The number of hydrogen-bond donors (Lipinski definition) is 0. The Morgan fingerprint density at radius 3 is 2.66 bits per heavy atom. The first-order valence-electron chi connectivity index (χ1n) is 10.8. The van der Waals surface area contributed by atoms with Crippen molar-refractivity contribution in [3.8, 4) is 16.9 Å². The summed E-state index contributed by atoms with van der Waals surface area (Å²) in [4.78, 5) is 19.6. The van der Waals surface area contributed by atoms with Crippen LogP contribution in [0.4, 0.5) is 4.79 Å². The molecule has 1 amide bonds. The monoisotopic (exact) mass is 427 g/mol. The summed E-state index contributed by atoms with van der Waals surface area (Å²) >= 11 is 0. The van der Waals surface area contributed by atoms with Crippen LogP contribution in [-0.2, 0) is 11.3 Å². The second-order valence-corrected chi connectivity index (χ2v) is 7.91. The number of methoxy groups -OCH3 is 1. The highest BCUT2D eigenvalue weighted by molar-refractivity contribution is 5.81. The summed E-state index contributed by atoms with van der Waals surface area (Å²) in [6.07, 6.45) is 5.50. The molecular formula is C26H25N3O3. The van der Waals surface area contributed by atoms with Crippen LogP contribution in [0.15, 0.2) is 79.1 Å². The van der Waals surface area contributed by atoms with Crippen molar-refractivity contribution in [1.82, 2.24) is 14.3 Å². The van der Waals surface area contributed by atoms with E-state index in [2.05, 4.69) is 0 Å². The van der Waals surface area contributed by atoms with E-state index in [4.69, 9.17) is 14.5 Å². The van der Waals surface area contributed by atoms with Crippen LogP contribution >= 0.6 is 0 Å². The fourth-order valence-corrected chi connectivity index (χ4v) is 4.36. The van der Waals surface area contributed by atoms with Crippen molar-refractivity contribution >= 4 is 11.7 Å². The molecule has 32 heavy (non-hydrogen) atoms.